The van der Waals surface area contributed by atoms with Crippen molar-refractivity contribution in [1.29, 1.82) is 0 Å². The molecular formula is C16H21F3N4O. The maximum Gasteiger partial charge on any atom is 0.433 e. The van der Waals surface area contributed by atoms with Crippen LogP contribution in [0.2, 0.25) is 0 Å². The lowest BCUT2D eigenvalue weighted by molar-refractivity contribution is -0.141. The fraction of sp³-hybridized carbons (Fsp3) is 0.688. The number of anilines is 1. The first-order valence-corrected chi connectivity index (χ1v) is 8.38. The van der Waals surface area contributed by atoms with Crippen LogP contribution >= 0.6 is 0 Å². The average Bonchev–Trinajstić information content (AvgIpc) is 3.21. The summed E-state index contributed by atoms with van der Waals surface area (Å²) < 4.78 is 38.7. The molecule has 0 spiro atoms. The van der Waals surface area contributed by atoms with E-state index in [1.165, 1.54) is 0 Å². The van der Waals surface area contributed by atoms with E-state index in [0.29, 0.717) is 13.0 Å². The van der Waals surface area contributed by atoms with Gasteiger partial charge in [0.1, 0.15) is 5.69 Å². The van der Waals surface area contributed by atoms with Crippen molar-refractivity contribution in [2.75, 3.05) is 18.0 Å². The molecule has 2 fully saturated rings. The van der Waals surface area contributed by atoms with Gasteiger partial charge in [0.15, 0.2) is 0 Å². The Morgan fingerprint density at radius 2 is 1.96 bits per heavy atom. The maximum absolute atomic E-state index is 12.9. The van der Waals surface area contributed by atoms with E-state index in [0.717, 1.165) is 44.5 Å². The number of amides is 1. The van der Waals surface area contributed by atoms with Crippen molar-refractivity contribution in [2.45, 2.75) is 57.3 Å². The zero-order chi connectivity index (χ0) is 17.3. The highest BCUT2D eigenvalue weighted by atomic mass is 19.4. The lowest BCUT2D eigenvalue weighted by Crippen LogP contribution is -2.48. The van der Waals surface area contributed by atoms with Crippen LogP contribution in [0.5, 0.6) is 0 Å². The minimum Gasteiger partial charge on any atom is -0.338 e. The lowest BCUT2D eigenvalue weighted by atomic mass is 10.0. The summed E-state index contributed by atoms with van der Waals surface area (Å²) >= 11 is 0. The monoisotopic (exact) mass is 342 g/mol. The molecule has 2 saturated heterocycles. The van der Waals surface area contributed by atoms with Gasteiger partial charge in [-0.1, -0.05) is 6.92 Å². The van der Waals surface area contributed by atoms with Crippen molar-refractivity contribution in [2.24, 2.45) is 0 Å². The van der Waals surface area contributed by atoms with Gasteiger partial charge in [0, 0.05) is 25.7 Å². The molecule has 1 aromatic rings. The van der Waals surface area contributed by atoms with Gasteiger partial charge in [0.05, 0.1) is 12.1 Å². The molecule has 0 unspecified atom stereocenters. The van der Waals surface area contributed by atoms with E-state index in [-0.39, 0.29) is 23.9 Å². The summed E-state index contributed by atoms with van der Waals surface area (Å²) in [5.41, 5.74) is -0.925. The van der Waals surface area contributed by atoms with Gasteiger partial charge in [-0.05, 0) is 31.7 Å². The largest absolute Gasteiger partial charge is 0.433 e. The van der Waals surface area contributed by atoms with Crippen LogP contribution in [0, 0.1) is 0 Å². The Morgan fingerprint density at radius 1 is 1.25 bits per heavy atom. The van der Waals surface area contributed by atoms with Crippen molar-refractivity contribution in [3.05, 3.63) is 18.0 Å². The van der Waals surface area contributed by atoms with Crippen molar-refractivity contribution in [3.63, 3.8) is 0 Å². The van der Waals surface area contributed by atoms with Gasteiger partial charge < -0.3 is 9.80 Å². The first-order valence-electron chi connectivity index (χ1n) is 8.38. The number of rotatable bonds is 3. The lowest BCUT2D eigenvalue weighted by Gasteiger charge is -2.35. The van der Waals surface area contributed by atoms with Gasteiger partial charge in [0.25, 0.3) is 0 Å². The van der Waals surface area contributed by atoms with Gasteiger partial charge in [-0.25, -0.2) is 9.97 Å². The molecule has 2 aliphatic heterocycles. The van der Waals surface area contributed by atoms with Gasteiger partial charge >= 0.3 is 6.18 Å². The van der Waals surface area contributed by atoms with Crippen molar-refractivity contribution in [1.82, 2.24) is 14.9 Å². The smallest absolute Gasteiger partial charge is 0.338 e. The number of nitrogens with zero attached hydrogens (tertiary/aromatic N) is 4. The predicted molar refractivity (Wildman–Crippen MR) is 82.4 cm³/mol. The molecule has 2 atom stereocenters. The first-order chi connectivity index (χ1) is 11.4. The Bertz CT molecular complexity index is 607. The molecule has 8 heteroatoms. The fourth-order valence-corrected chi connectivity index (χ4v) is 3.79. The molecule has 3 rings (SSSR count). The SMILES string of the molecule is CCC(=O)N1CCC[C@H]1[C@H]1CCCN1c1nccc(C(F)(F)F)n1. The third kappa shape index (κ3) is 3.18. The fourth-order valence-electron chi connectivity index (χ4n) is 3.79. The standard InChI is InChI=1S/C16H21F3N4O/c1-2-14(24)22-9-3-5-11(22)12-6-4-10-23(12)15-20-8-7-13(21-15)16(17,18)19/h7-8,11-12H,2-6,9-10H2,1H3/t11-,12+/m0/s1. The van der Waals surface area contributed by atoms with Gasteiger partial charge in [0.2, 0.25) is 11.9 Å². The maximum atomic E-state index is 12.9. The second kappa shape index (κ2) is 6.57. The zero-order valence-electron chi connectivity index (χ0n) is 13.6. The normalized spacial score (nSPS) is 24.7. The average molecular weight is 342 g/mol. The van der Waals surface area contributed by atoms with E-state index < -0.39 is 11.9 Å². The van der Waals surface area contributed by atoms with Crippen molar-refractivity contribution >= 4 is 11.9 Å². The van der Waals surface area contributed by atoms with Crippen molar-refractivity contribution < 1.29 is 18.0 Å². The Morgan fingerprint density at radius 3 is 2.67 bits per heavy atom. The number of hydrogen-bond acceptors (Lipinski definition) is 4. The van der Waals surface area contributed by atoms with Crippen LogP contribution in [-0.2, 0) is 11.0 Å². The molecule has 0 N–H and O–H groups in total. The summed E-state index contributed by atoms with van der Waals surface area (Å²) in [7, 11) is 0. The molecule has 3 heterocycles. The quantitative estimate of drug-likeness (QED) is 0.848. The molecule has 24 heavy (non-hydrogen) atoms. The number of alkyl halides is 3. The summed E-state index contributed by atoms with van der Waals surface area (Å²) in [6.45, 7) is 3.18. The number of likely N-dealkylation sites (tertiary alicyclic amines) is 1. The highest BCUT2D eigenvalue weighted by molar-refractivity contribution is 5.76. The summed E-state index contributed by atoms with van der Waals surface area (Å²) in [5, 5.41) is 0. The topological polar surface area (TPSA) is 49.3 Å². The van der Waals surface area contributed by atoms with E-state index in [1.807, 2.05) is 16.7 Å². The summed E-state index contributed by atoms with van der Waals surface area (Å²) in [4.78, 5) is 23.7. The van der Waals surface area contributed by atoms with E-state index in [9.17, 15) is 18.0 Å². The van der Waals surface area contributed by atoms with Crippen molar-refractivity contribution in [3.8, 4) is 0 Å². The number of carbonyl (C=O) groups excluding carboxylic acids is 1. The molecule has 1 aromatic heterocycles. The molecular weight excluding hydrogens is 321 g/mol. The number of carbonyl (C=O) groups is 1. The molecule has 0 radical (unpaired) electrons. The van der Waals surface area contributed by atoms with Crippen LogP contribution in [-0.4, -0.2) is 45.9 Å². The molecule has 5 nitrogen and oxygen atoms in total. The first kappa shape index (κ1) is 17.0. The number of hydrogen-bond donors (Lipinski definition) is 0. The van der Waals surface area contributed by atoms with Crippen LogP contribution in [0.3, 0.4) is 0 Å². The second-order valence-corrected chi connectivity index (χ2v) is 6.29. The molecule has 0 bridgehead atoms. The number of halogens is 3. The second-order valence-electron chi connectivity index (χ2n) is 6.29. The Labute approximate surface area is 138 Å². The zero-order valence-corrected chi connectivity index (χ0v) is 13.6. The van der Waals surface area contributed by atoms with Crippen LogP contribution in [0.15, 0.2) is 12.3 Å². The summed E-state index contributed by atoms with van der Waals surface area (Å²) in [6, 6.07) is 0.918. The Kier molecular flexibility index (Phi) is 4.64. The molecule has 0 aliphatic carbocycles. The minimum absolute atomic E-state index is 0.00789. The molecule has 132 valence electrons. The molecule has 0 saturated carbocycles. The van der Waals surface area contributed by atoms with E-state index in [4.69, 9.17) is 0 Å². The molecule has 0 aromatic carbocycles. The van der Waals surface area contributed by atoms with E-state index in [1.54, 1.807) is 0 Å². The third-order valence-electron chi connectivity index (χ3n) is 4.86. The highest BCUT2D eigenvalue weighted by Gasteiger charge is 2.41. The Hall–Kier alpha value is -1.86. The summed E-state index contributed by atoms with van der Waals surface area (Å²) in [5.74, 6) is 0.220. The van der Waals surface area contributed by atoms with E-state index in [2.05, 4.69) is 9.97 Å². The predicted octanol–water partition coefficient (Wildman–Crippen LogP) is 2.87. The van der Waals surface area contributed by atoms with E-state index >= 15 is 0 Å². The van der Waals surface area contributed by atoms with Crippen LogP contribution in [0.1, 0.15) is 44.7 Å². The molecule has 1 amide bonds. The minimum atomic E-state index is -4.48. The Balaban J connectivity index is 1.85. The van der Waals surface area contributed by atoms with Crippen LogP contribution in [0.4, 0.5) is 19.1 Å². The molecule has 2 aliphatic rings. The summed E-state index contributed by atoms with van der Waals surface area (Å²) in [6.07, 6.45) is 0.653. The van der Waals surface area contributed by atoms with Gasteiger partial charge in [-0.15, -0.1) is 0 Å². The van der Waals surface area contributed by atoms with Crippen LogP contribution < -0.4 is 4.90 Å². The van der Waals surface area contributed by atoms with Gasteiger partial charge in [-0.3, -0.25) is 4.79 Å². The number of aromatic nitrogens is 2. The van der Waals surface area contributed by atoms with Crippen LogP contribution in [0.25, 0.3) is 0 Å². The van der Waals surface area contributed by atoms with Gasteiger partial charge in [-0.2, -0.15) is 13.2 Å². The highest BCUT2D eigenvalue weighted by Crippen LogP contribution is 2.34. The third-order valence-corrected chi connectivity index (χ3v) is 4.86.